The number of amides is 3. The van der Waals surface area contributed by atoms with Crippen molar-refractivity contribution in [2.45, 2.75) is 20.0 Å². The molecule has 3 amide bonds. The van der Waals surface area contributed by atoms with E-state index >= 15 is 0 Å². The van der Waals surface area contributed by atoms with Crippen molar-refractivity contribution < 1.29 is 24.2 Å². The minimum atomic E-state index is -1.27. The number of hydrogen-bond acceptors (Lipinski definition) is 4. The Bertz CT molecular complexity index is 699. The molecule has 0 unspecified atom stereocenters. The van der Waals surface area contributed by atoms with Gasteiger partial charge in [-0.25, -0.2) is 9.69 Å². The van der Waals surface area contributed by atoms with Crippen LogP contribution in [0.3, 0.4) is 0 Å². The highest BCUT2D eigenvalue weighted by atomic mass is 35.5. The molecule has 0 aromatic heterocycles. The molecule has 1 saturated heterocycles. The van der Waals surface area contributed by atoms with Crippen LogP contribution in [0.2, 0.25) is 5.02 Å². The summed E-state index contributed by atoms with van der Waals surface area (Å²) in [6, 6.07) is 4.15. The van der Waals surface area contributed by atoms with Gasteiger partial charge in [0.05, 0.1) is 11.1 Å². The molecule has 0 bridgehead atoms. The lowest BCUT2D eigenvalue weighted by atomic mass is 10.2. The lowest BCUT2D eigenvalue weighted by Gasteiger charge is -2.11. The highest BCUT2D eigenvalue weighted by molar-refractivity contribution is 6.32. The fraction of sp³-hybridized carbons (Fsp3) is 0.267. The van der Waals surface area contributed by atoms with Crippen LogP contribution in [-0.2, 0) is 9.59 Å². The van der Waals surface area contributed by atoms with Gasteiger partial charge in [0.1, 0.15) is 18.0 Å². The Balaban J connectivity index is 2.22. The number of rotatable bonds is 5. The molecule has 1 aromatic carbocycles. The van der Waals surface area contributed by atoms with Crippen molar-refractivity contribution in [2.24, 2.45) is 0 Å². The molecule has 8 heteroatoms. The number of urea groups is 1. The molecule has 2 rings (SSSR count). The maximum absolute atomic E-state index is 12.0. The van der Waals surface area contributed by atoms with Gasteiger partial charge in [0.25, 0.3) is 5.91 Å². The normalized spacial score (nSPS) is 16.2. The number of nitrogens with zero attached hydrogens (tertiary/aromatic N) is 1. The van der Waals surface area contributed by atoms with Crippen molar-refractivity contribution in [1.82, 2.24) is 10.2 Å². The molecular weight excluding hydrogens is 324 g/mol. The summed E-state index contributed by atoms with van der Waals surface area (Å²) in [4.78, 5) is 34.9. The molecule has 0 aliphatic carbocycles. The maximum atomic E-state index is 12.0. The van der Waals surface area contributed by atoms with E-state index in [1.807, 2.05) is 13.8 Å². The largest absolute Gasteiger partial charge is 0.489 e. The van der Waals surface area contributed by atoms with Gasteiger partial charge in [0.2, 0.25) is 0 Å². The summed E-state index contributed by atoms with van der Waals surface area (Å²) < 4.78 is 5.51. The minimum absolute atomic E-state index is 0.00940. The van der Waals surface area contributed by atoms with Crippen LogP contribution < -0.4 is 10.1 Å². The molecule has 0 radical (unpaired) electrons. The Kier molecular flexibility index (Phi) is 4.90. The third kappa shape index (κ3) is 4.01. The molecular formula is C15H15ClN2O5. The molecule has 1 fully saturated rings. The van der Waals surface area contributed by atoms with Crippen molar-refractivity contribution in [3.8, 4) is 5.75 Å². The van der Waals surface area contributed by atoms with Gasteiger partial charge in [-0.05, 0) is 37.6 Å². The van der Waals surface area contributed by atoms with Crippen LogP contribution in [0.25, 0.3) is 6.08 Å². The Morgan fingerprint density at radius 1 is 1.43 bits per heavy atom. The quantitative estimate of drug-likeness (QED) is 0.633. The zero-order valence-electron chi connectivity index (χ0n) is 12.5. The zero-order valence-corrected chi connectivity index (χ0v) is 13.3. The minimum Gasteiger partial charge on any atom is -0.489 e. The number of carboxylic acid groups (broad SMARTS) is 1. The van der Waals surface area contributed by atoms with E-state index in [2.05, 4.69) is 5.32 Å². The smallest absolute Gasteiger partial charge is 0.329 e. The topological polar surface area (TPSA) is 95.9 Å². The summed E-state index contributed by atoms with van der Waals surface area (Å²) >= 11 is 6.11. The van der Waals surface area contributed by atoms with Gasteiger partial charge in [0, 0.05) is 0 Å². The van der Waals surface area contributed by atoms with Gasteiger partial charge >= 0.3 is 12.0 Å². The number of carboxylic acids is 1. The predicted molar refractivity (Wildman–Crippen MR) is 83.1 cm³/mol. The van der Waals surface area contributed by atoms with Crippen molar-refractivity contribution in [3.05, 3.63) is 34.5 Å². The van der Waals surface area contributed by atoms with Crippen LogP contribution in [-0.4, -0.2) is 40.6 Å². The summed E-state index contributed by atoms with van der Waals surface area (Å²) in [7, 11) is 0. The van der Waals surface area contributed by atoms with Gasteiger partial charge in [-0.2, -0.15) is 0 Å². The SMILES string of the molecule is CC(C)Oc1ccc(/C=C2/NC(=O)N(CC(=O)O)C2=O)cc1Cl. The van der Waals surface area contributed by atoms with E-state index in [0.717, 1.165) is 0 Å². The van der Waals surface area contributed by atoms with Crippen molar-refractivity contribution >= 4 is 35.6 Å². The van der Waals surface area contributed by atoms with Gasteiger partial charge in [-0.3, -0.25) is 9.59 Å². The van der Waals surface area contributed by atoms with E-state index in [1.54, 1.807) is 18.2 Å². The third-order valence-electron chi connectivity index (χ3n) is 2.89. The number of ether oxygens (including phenoxy) is 1. The molecule has 1 aliphatic heterocycles. The average molecular weight is 339 g/mol. The first-order valence-electron chi connectivity index (χ1n) is 6.80. The van der Waals surface area contributed by atoms with Crippen LogP contribution in [0.5, 0.6) is 5.75 Å². The summed E-state index contributed by atoms with van der Waals surface area (Å²) in [6.45, 7) is 3.05. The van der Waals surface area contributed by atoms with Crippen molar-refractivity contribution in [1.29, 1.82) is 0 Å². The highest BCUT2D eigenvalue weighted by Crippen LogP contribution is 2.27. The van der Waals surface area contributed by atoms with E-state index in [1.165, 1.54) is 6.08 Å². The van der Waals surface area contributed by atoms with E-state index in [4.69, 9.17) is 21.4 Å². The first kappa shape index (κ1) is 16.8. The number of hydrogen-bond donors (Lipinski definition) is 2. The number of carbonyl (C=O) groups is 3. The molecule has 23 heavy (non-hydrogen) atoms. The number of nitrogens with one attached hydrogen (secondary N) is 1. The monoisotopic (exact) mass is 338 g/mol. The Morgan fingerprint density at radius 2 is 2.13 bits per heavy atom. The third-order valence-corrected chi connectivity index (χ3v) is 3.18. The van der Waals surface area contributed by atoms with E-state index in [9.17, 15) is 14.4 Å². The Morgan fingerprint density at radius 3 is 2.70 bits per heavy atom. The second kappa shape index (κ2) is 6.70. The lowest BCUT2D eigenvalue weighted by Crippen LogP contribution is -2.35. The van der Waals surface area contributed by atoms with Crippen molar-refractivity contribution in [2.75, 3.05) is 6.54 Å². The predicted octanol–water partition coefficient (Wildman–Crippen LogP) is 2.10. The zero-order chi connectivity index (χ0) is 17.1. The molecule has 1 aliphatic rings. The van der Waals surface area contributed by atoms with Crippen molar-refractivity contribution in [3.63, 3.8) is 0 Å². The van der Waals surface area contributed by atoms with E-state index in [-0.39, 0.29) is 11.8 Å². The van der Waals surface area contributed by atoms with Gasteiger partial charge in [-0.1, -0.05) is 17.7 Å². The molecule has 2 N–H and O–H groups in total. The number of imide groups is 1. The highest BCUT2D eigenvalue weighted by Gasteiger charge is 2.34. The second-order valence-electron chi connectivity index (χ2n) is 5.13. The molecule has 7 nitrogen and oxygen atoms in total. The number of aliphatic carboxylic acids is 1. The molecule has 122 valence electrons. The average Bonchev–Trinajstić information content (AvgIpc) is 2.69. The van der Waals surface area contributed by atoms with Crippen LogP contribution in [0.15, 0.2) is 23.9 Å². The van der Waals surface area contributed by atoms with E-state index < -0.39 is 24.5 Å². The summed E-state index contributed by atoms with van der Waals surface area (Å²) in [6.07, 6.45) is 1.39. The summed E-state index contributed by atoms with van der Waals surface area (Å²) in [5, 5.41) is 11.4. The molecule has 0 atom stereocenters. The first-order chi connectivity index (χ1) is 10.8. The van der Waals surface area contributed by atoms with Crippen LogP contribution in [0.4, 0.5) is 4.79 Å². The first-order valence-corrected chi connectivity index (χ1v) is 7.18. The van der Waals surface area contributed by atoms with Gasteiger partial charge in [-0.15, -0.1) is 0 Å². The summed E-state index contributed by atoms with van der Waals surface area (Å²) in [5.74, 6) is -1.46. The fourth-order valence-electron chi connectivity index (χ4n) is 1.97. The van der Waals surface area contributed by atoms with E-state index in [0.29, 0.717) is 21.2 Å². The fourth-order valence-corrected chi connectivity index (χ4v) is 2.21. The number of benzene rings is 1. The van der Waals surface area contributed by atoms with Crippen LogP contribution >= 0.6 is 11.6 Å². The van der Waals surface area contributed by atoms with Crippen LogP contribution in [0, 0.1) is 0 Å². The standard InChI is InChI=1S/C15H15ClN2O5/c1-8(2)23-12-4-3-9(5-10(12)16)6-11-14(21)18(7-13(19)20)15(22)17-11/h3-6,8H,7H2,1-2H3,(H,17,22)(H,19,20)/b11-6+. The molecule has 1 aromatic rings. The Labute approximate surface area is 137 Å². The second-order valence-corrected chi connectivity index (χ2v) is 5.54. The number of carbonyl (C=O) groups excluding carboxylic acids is 2. The molecule has 1 heterocycles. The summed E-state index contributed by atoms with van der Waals surface area (Å²) in [5.41, 5.74) is 0.566. The lowest BCUT2D eigenvalue weighted by molar-refractivity contribution is -0.140. The molecule has 0 saturated carbocycles. The Hall–Kier alpha value is -2.54. The molecule has 0 spiro atoms. The van der Waals surface area contributed by atoms with Gasteiger partial charge < -0.3 is 15.2 Å². The number of halogens is 1. The maximum Gasteiger partial charge on any atom is 0.329 e. The van der Waals surface area contributed by atoms with Gasteiger partial charge in [0.15, 0.2) is 0 Å². The van der Waals surface area contributed by atoms with Crippen LogP contribution in [0.1, 0.15) is 19.4 Å².